The lowest BCUT2D eigenvalue weighted by Gasteiger charge is -2.04. The molecule has 3 heteroatoms. The van der Waals surface area contributed by atoms with Crippen molar-refractivity contribution < 1.29 is 0 Å². The Labute approximate surface area is 137 Å². The van der Waals surface area contributed by atoms with E-state index in [1.807, 2.05) is 11.3 Å². The van der Waals surface area contributed by atoms with Crippen LogP contribution >= 0.6 is 27.3 Å². The maximum Gasteiger partial charge on any atom is 0.0327 e. The van der Waals surface area contributed by atoms with Crippen molar-refractivity contribution in [3.63, 3.8) is 0 Å². The Kier molecular flexibility index (Phi) is 11.7. The first-order valence-electron chi connectivity index (χ1n) is 8.27. The fourth-order valence-electron chi connectivity index (χ4n) is 2.39. The van der Waals surface area contributed by atoms with Crippen molar-refractivity contribution in [2.45, 2.75) is 77.7 Å². The number of rotatable bonds is 13. The topological polar surface area (TPSA) is 12.0 Å². The van der Waals surface area contributed by atoms with Crippen molar-refractivity contribution in [3.05, 3.63) is 20.8 Å². The van der Waals surface area contributed by atoms with Crippen LogP contribution in [0.4, 0.5) is 0 Å². The molecule has 1 rings (SSSR count). The van der Waals surface area contributed by atoms with E-state index in [1.54, 1.807) is 0 Å². The van der Waals surface area contributed by atoms with Gasteiger partial charge in [0, 0.05) is 15.9 Å². The van der Waals surface area contributed by atoms with Crippen LogP contribution in [0.1, 0.15) is 76.0 Å². The van der Waals surface area contributed by atoms with Gasteiger partial charge in [-0.25, -0.2) is 0 Å². The summed E-state index contributed by atoms with van der Waals surface area (Å²) in [7, 11) is 0. The van der Waals surface area contributed by atoms with Crippen molar-refractivity contribution in [2.24, 2.45) is 0 Å². The molecule has 0 aromatic carbocycles. The molecular formula is C17H30BrNS. The first-order chi connectivity index (χ1) is 9.84. The van der Waals surface area contributed by atoms with E-state index >= 15 is 0 Å². The normalized spacial score (nSPS) is 11.1. The van der Waals surface area contributed by atoms with Crippen LogP contribution in [0.15, 0.2) is 15.9 Å². The summed E-state index contributed by atoms with van der Waals surface area (Å²) in [6.07, 6.45) is 14.1. The molecule has 0 saturated carbocycles. The SMILES string of the molecule is CCCCCCCCCCCCNCc1sccc1Br. The van der Waals surface area contributed by atoms with Crippen LogP contribution in [0.25, 0.3) is 0 Å². The van der Waals surface area contributed by atoms with E-state index in [9.17, 15) is 0 Å². The predicted octanol–water partition coefficient (Wildman–Crippen LogP) is 6.52. The van der Waals surface area contributed by atoms with Crippen LogP contribution in [0, 0.1) is 0 Å². The molecular weight excluding hydrogens is 330 g/mol. The number of hydrogen-bond donors (Lipinski definition) is 1. The smallest absolute Gasteiger partial charge is 0.0327 e. The molecule has 1 aromatic heterocycles. The molecule has 0 saturated heterocycles. The third-order valence-corrected chi connectivity index (χ3v) is 5.61. The molecule has 1 aromatic rings. The van der Waals surface area contributed by atoms with Crippen molar-refractivity contribution in [1.29, 1.82) is 0 Å². The quantitative estimate of drug-likeness (QED) is 0.395. The van der Waals surface area contributed by atoms with E-state index in [4.69, 9.17) is 0 Å². The molecule has 0 amide bonds. The second-order valence-electron chi connectivity index (χ2n) is 5.55. The lowest BCUT2D eigenvalue weighted by Crippen LogP contribution is -2.13. The van der Waals surface area contributed by atoms with Crippen LogP contribution in [-0.4, -0.2) is 6.54 Å². The largest absolute Gasteiger partial charge is 0.312 e. The van der Waals surface area contributed by atoms with E-state index in [0.29, 0.717) is 0 Å². The maximum atomic E-state index is 3.57. The molecule has 0 aliphatic carbocycles. The van der Waals surface area contributed by atoms with Crippen molar-refractivity contribution in [1.82, 2.24) is 5.32 Å². The molecule has 0 fully saturated rings. The summed E-state index contributed by atoms with van der Waals surface area (Å²) in [5.74, 6) is 0. The van der Waals surface area contributed by atoms with Gasteiger partial charge in [0.05, 0.1) is 0 Å². The highest BCUT2D eigenvalue weighted by atomic mass is 79.9. The molecule has 0 unspecified atom stereocenters. The van der Waals surface area contributed by atoms with Gasteiger partial charge < -0.3 is 5.32 Å². The summed E-state index contributed by atoms with van der Waals surface area (Å²) in [5.41, 5.74) is 0. The minimum absolute atomic E-state index is 1.01. The highest BCUT2D eigenvalue weighted by Crippen LogP contribution is 2.22. The predicted molar refractivity (Wildman–Crippen MR) is 95.6 cm³/mol. The zero-order valence-corrected chi connectivity index (χ0v) is 15.3. The number of hydrogen-bond acceptors (Lipinski definition) is 2. The molecule has 0 bridgehead atoms. The highest BCUT2D eigenvalue weighted by Gasteiger charge is 1.99. The van der Waals surface area contributed by atoms with Gasteiger partial charge in [-0.05, 0) is 40.3 Å². The summed E-state index contributed by atoms with van der Waals surface area (Å²) in [6.45, 7) is 4.45. The monoisotopic (exact) mass is 359 g/mol. The summed E-state index contributed by atoms with van der Waals surface area (Å²) in [5, 5.41) is 5.67. The molecule has 0 atom stereocenters. The molecule has 0 radical (unpaired) electrons. The Morgan fingerprint density at radius 3 is 2.10 bits per heavy atom. The van der Waals surface area contributed by atoms with Crippen LogP contribution in [-0.2, 0) is 6.54 Å². The van der Waals surface area contributed by atoms with Crippen LogP contribution < -0.4 is 5.32 Å². The van der Waals surface area contributed by atoms with Crippen LogP contribution in [0.3, 0.4) is 0 Å². The standard InChI is InChI=1S/C17H30BrNS/c1-2-3-4-5-6-7-8-9-10-11-13-19-15-17-16(18)12-14-20-17/h12,14,19H,2-11,13,15H2,1H3. The second kappa shape index (κ2) is 12.8. The van der Waals surface area contributed by atoms with E-state index < -0.39 is 0 Å². The summed E-state index contributed by atoms with van der Waals surface area (Å²) in [4.78, 5) is 1.41. The van der Waals surface area contributed by atoms with Gasteiger partial charge in [-0.2, -0.15) is 0 Å². The Morgan fingerprint density at radius 2 is 1.55 bits per heavy atom. The van der Waals surface area contributed by atoms with E-state index in [-0.39, 0.29) is 0 Å². The minimum Gasteiger partial charge on any atom is -0.312 e. The Morgan fingerprint density at radius 1 is 0.950 bits per heavy atom. The van der Waals surface area contributed by atoms with E-state index in [2.05, 4.69) is 39.6 Å². The molecule has 1 heterocycles. The molecule has 20 heavy (non-hydrogen) atoms. The van der Waals surface area contributed by atoms with Gasteiger partial charge in [0.1, 0.15) is 0 Å². The third-order valence-electron chi connectivity index (χ3n) is 3.68. The van der Waals surface area contributed by atoms with Crippen molar-refractivity contribution in [3.8, 4) is 0 Å². The molecule has 0 aliphatic rings. The molecule has 1 nitrogen and oxygen atoms in total. The van der Waals surface area contributed by atoms with Gasteiger partial charge in [0.2, 0.25) is 0 Å². The molecule has 0 aliphatic heterocycles. The van der Waals surface area contributed by atoms with Crippen molar-refractivity contribution in [2.75, 3.05) is 6.54 Å². The zero-order valence-electron chi connectivity index (χ0n) is 12.9. The van der Waals surface area contributed by atoms with Gasteiger partial charge in [-0.1, -0.05) is 64.7 Å². The Hall–Kier alpha value is 0.140. The van der Waals surface area contributed by atoms with Gasteiger partial charge in [-0.3, -0.25) is 0 Å². The molecule has 116 valence electrons. The Balaban J connectivity index is 1.78. The fourth-order valence-corrected chi connectivity index (χ4v) is 3.85. The average molecular weight is 360 g/mol. The lowest BCUT2D eigenvalue weighted by atomic mass is 10.1. The zero-order chi connectivity index (χ0) is 14.5. The van der Waals surface area contributed by atoms with Gasteiger partial charge >= 0.3 is 0 Å². The van der Waals surface area contributed by atoms with Gasteiger partial charge in [0.25, 0.3) is 0 Å². The summed E-state index contributed by atoms with van der Waals surface area (Å²) in [6, 6.07) is 2.13. The molecule has 0 spiro atoms. The van der Waals surface area contributed by atoms with E-state index in [1.165, 1.54) is 73.6 Å². The first kappa shape index (κ1) is 18.2. The first-order valence-corrected chi connectivity index (χ1v) is 9.94. The van der Waals surface area contributed by atoms with Crippen LogP contribution in [0.2, 0.25) is 0 Å². The lowest BCUT2D eigenvalue weighted by molar-refractivity contribution is 0.544. The number of unbranched alkanes of at least 4 members (excludes halogenated alkanes) is 9. The summed E-state index contributed by atoms with van der Waals surface area (Å²) >= 11 is 5.39. The fraction of sp³-hybridized carbons (Fsp3) is 0.765. The summed E-state index contributed by atoms with van der Waals surface area (Å²) < 4.78 is 1.25. The minimum atomic E-state index is 1.01. The third kappa shape index (κ3) is 9.15. The van der Waals surface area contributed by atoms with Crippen molar-refractivity contribution >= 4 is 27.3 Å². The second-order valence-corrected chi connectivity index (χ2v) is 7.41. The highest BCUT2D eigenvalue weighted by molar-refractivity contribution is 9.10. The maximum absolute atomic E-state index is 3.57. The molecule has 1 N–H and O–H groups in total. The average Bonchev–Trinajstić information content (AvgIpc) is 2.85. The van der Waals surface area contributed by atoms with Gasteiger partial charge in [-0.15, -0.1) is 11.3 Å². The van der Waals surface area contributed by atoms with Gasteiger partial charge in [0.15, 0.2) is 0 Å². The number of halogens is 1. The van der Waals surface area contributed by atoms with E-state index in [0.717, 1.165) is 13.1 Å². The number of thiophene rings is 1. The van der Waals surface area contributed by atoms with Crippen LogP contribution in [0.5, 0.6) is 0 Å². The number of nitrogens with one attached hydrogen (secondary N) is 1. The Bertz CT molecular complexity index is 325.